The summed E-state index contributed by atoms with van der Waals surface area (Å²) in [6.45, 7) is 13.3. The Morgan fingerprint density at radius 2 is 1.02 bits per heavy atom. The molecule has 0 bridgehead atoms. The number of hydrogen-bond donors (Lipinski definition) is 2. The summed E-state index contributed by atoms with van der Waals surface area (Å²) < 4.78 is 64.2. The minimum Gasteiger partial charge on any atom is -0.282 e. The van der Waals surface area contributed by atoms with Crippen molar-refractivity contribution in [2.24, 2.45) is 17.8 Å². The standard InChI is InChI=1S/2C18H30O3S/c1-13(2)10-14(3)11-15(4)12-16(5)17-8-6-7-9-18(17)22(19,20)21;1-2-3-4-5-6-7-8-9-10-11-14-17-15-12-13-16-18(17)22(19,20)21/h6-9,13-16H,10-12H2,1-5H3,(H,19,20,21);12-13,15-16H,2-11,14H2,1H3,(H,19,20,21). The number of benzene rings is 2. The van der Waals surface area contributed by atoms with Crippen LogP contribution in [0.1, 0.15) is 142 Å². The number of unbranched alkanes of at least 4 members (excludes halogenated alkanes) is 9. The van der Waals surface area contributed by atoms with E-state index in [0.717, 1.165) is 31.2 Å². The average Bonchev–Trinajstić information content (AvgIpc) is 2.93. The Balaban J connectivity index is 0.000000440. The van der Waals surface area contributed by atoms with Gasteiger partial charge in [0.25, 0.3) is 20.2 Å². The molecule has 2 aromatic rings. The largest absolute Gasteiger partial charge is 0.294 e. The second-order valence-electron chi connectivity index (χ2n) is 13.2. The van der Waals surface area contributed by atoms with Crippen LogP contribution in [0, 0.1) is 17.8 Å². The second-order valence-corrected chi connectivity index (χ2v) is 16.0. The van der Waals surface area contributed by atoms with E-state index in [1.54, 1.807) is 24.3 Å². The molecule has 0 aliphatic rings. The van der Waals surface area contributed by atoms with Gasteiger partial charge in [0.05, 0.1) is 9.79 Å². The molecule has 0 aromatic heterocycles. The van der Waals surface area contributed by atoms with Gasteiger partial charge < -0.3 is 0 Å². The van der Waals surface area contributed by atoms with Crippen molar-refractivity contribution in [1.29, 1.82) is 0 Å². The topological polar surface area (TPSA) is 109 Å². The molecule has 0 aliphatic heterocycles. The lowest BCUT2D eigenvalue weighted by Gasteiger charge is -2.23. The van der Waals surface area contributed by atoms with Gasteiger partial charge >= 0.3 is 0 Å². The zero-order valence-corrected chi connectivity index (χ0v) is 29.8. The first kappa shape index (κ1) is 40.3. The van der Waals surface area contributed by atoms with Gasteiger partial charge in [0.2, 0.25) is 0 Å². The molecular weight excluding hydrogens is 593 g/mol. The lowest BCUT2D eigenvalue weighted by molar-refractivity contribution is 0.332. The van der Waals surface area contributed by atoms with Crippen molar-refractivity contribution in [3.05, 3.63) is 59.7 Å². The Morgan fingerprint density at radius 3 is 1.55 bits per heavy atom. The van der Waals surface area contributed by atoms with E-state index >= 15 is 0 Å². The molecule has 0 spiro atoms. The van der Waals surface area contributed by atoms with Crippen LogP contribution in [0.2, 0.25) is 0 Å². The van der Waals surface area contributed by atoms with Gasteiger partial charge in [0.15, 0.2) is 0 Å². The first-order valence-corrected chi connectivity index (χ1v) is 19.7. The van der Waals surface area contributed by atoms with E-state index in [1.807, 2.05) is 19.1 Å². The van der Waals surface area contributed by atoms with Crippen molar-refractivity contribution >= 4 is 20.2 Å². The molecule has 0 amide bonds. The molecule has 0 aliphatic carbocycles. The van der Waals surface area contributed by atoms with Gasteiger partial charge in [-0.05, 0) is 79.0 Å². The first-order valence-electron chi connectivity index (χ1n) is 16.8. The van der Waals surface area contributed by atoms with Crippen molar-refractivity contribution in [1.82, 2.24) is 0 Å². The molecule has 3 atom stereocenters. The van der Waals surface area contributed by atoms with Crippen LogP contribution >= 0.6 is 0 Å². The number of aryl methyl sites for hydroxylation is 1. The summed E-state index contributed by atoms with van der Waals surface area (Å²) in [4.78, 5) is 0.107. The third kappa shape index (κ3) is 17.1. The van der Waals surface area contributed by atoms with Gasteiger partial charge in [-0.1, -0.05) is 136 Å². The van der Waals surface area contributed by atoms with Crippen LogP contribution in [0.5, 0.6) is 0 Å². The summed E-state index contributed by atoms with van der Waals surface area (Å²) in [6, 6.07) is 13.5. The van der Waals surface area contributed by atoms with E-state index in [1.165, 1.54) is 69.9 Å². The molecule has 252 valence electrons. The molecule has 2 aromatic carbocycles. The SMILES string of the molecule is CC(C)CC(C)CC(C)CC(C)c1ccccc1S(=O)(=O)O.CCCCCCCCCCCCc1ccccc1S(=O)(=O)O. The van der Waals surface area contributed by atoms with Gasteiger partial charge in [-0.25, -0.2) is 0 Å². The Kier molecular flexibility index (Phi) is 19.3. The van der Waals surface area contributed by atoms with E-state index in [4.69, 9.17) is 0 Å². The maximum Gasteiger partial charge on any atom is 0.294 e. The molecule has 44 heavy (non-hydrogen) atoms. The van der Waals surface area contributed by atoms with E-state index in [0.29, 0.717) is 29.7 Å². The van der Waals surface area contributed by atoms with Gasteiger partial charge in [-0.15, -0.1) is 0 Å². The lowest BCUT2D eigenvalue weighted by Crippen LogP contribution is -2.11. The molecule has 0 heterocycles. The fourth-order valence-electron chi connectivity index (χ4n) is 6.30. The zero-order chi connectivity index (χ0) is 33.2. The Hall–Kier alpha value is -1.74. The van der Waals surface area contributed by atoms with Crippen LogP contribution in [-0.4, -0.2) is 25.9 Å². The molecule has 2 rings (SSSR count). The van der Waals surface area contributed by atoms with Crippen LogP contribution in [0.3, 0.4) is 0 Å². The van der Waals surface area contributed by atoms with Gasteiger partial charge in [0.1, 0.15) is 0 Å². The lowest BCUT2D eigenvalue weighted by atomic mass is 9.84. The Bertz CT molecular complexity index is 1270. The zero-order valence-electron chi connectivity index (χ0n) is 28.2. The van der Waals surface area contributed by atoms with Crippen molar-refractivity contribution < 1.29 is 25.9 Å². The van der Waals surface area contributed by atoms with Gasteiger partial charge in [-0.2, -0.15) is 16.8 Å². The van der Waals surface area contributed by atoms with Crippen LogP contribution in [0.15, 0.2) is 58.3 Å². The molecule has 3 unspecified atom stereocenters. The highest BCUT2D eigenvalue weighted by Crippen LogP contribution is 2.32. The average molecular weight is 653 g/mol. The molecular formula is C36H60O6S2. The third-order valence-electron chi connectivity index (χ3n) is 8.21. The molecule has 6 nitrogen and oxygen atoms in total. The van der Waals surface area contributed by atoms with Crippen molar-refractivity contribution in [3.63, 3.8) is 0 Å². The normalized spacial score (nSPS) is 14.1. The van der Waals surface area contributed by atoms with E-state index < -0.39 is 20.2 Å². The van der Waals surface area contributed by atoms with E-state index in [9.17, 15) is 25.9 Å². The molecule has 0 fully saturated rings. The number of rotatable bonds is 20. The highest BCUT2D eigenvalue weighted by molar-refractivity contribution is 7.86. The summed E-state index contributed by atoms with van der Waals surface area (Å²) in [5.41, 5.74) is 1.44. The second kappa shape index (κ2) is 21.1. The quantitative estimate of drug-likeness (QED) is 0.109. The number of hydrogen-bond acceptors (Lipinski definition) is 4. The van der Waals surface area contributed by atoms with Crippen LogP contribution in [0.25, 0.3) is 0 Å². The van der Waals surface area contributed by atoms with Crippen LogP contribution < -0.4 is 0 Å². The Labute approximate surface area is 270 Å². The Morgan fingerprint density at radius 1 is 0.568 bits per heavy atom. The molecule has 8 heteroatoms. The summed E-state index contributed by atoms with van der Waals surface area (Å²) in [6.07, 6.45) is 16.6. The maximum atomic E-state index is 11.5. The monoisotopic (exact) mass is 652 g/mol. The maximum absolute atomic E-state index is 11.5. The highest BCUT2D eigenvalue weighted by Gasteiger charge is 2.21. The highest BCUT2D eigenvalue weighted by atomic mass is 32.2. The van der Waals surface area contributed by atoms with E-state index in [-0.39, 0.29) is 15.7 Å². The predicted molar refractivity (Wildman–Crippen MR) is 183 cm³/mol. The molecule has 0 saturated heterocycles. The first-order chi connectivity index (χ1) is 20.7. The third-order valence-corrected chi connectivity index (χ3v) is 10.1. The minimum atomic E-state index is -4.15. The van der Waals surface area contributed by atoms with Crippen molar-refractivity contribution in [2.75, 3.05) is 0 Å². The fourth-order valence-corrected chi connectivity index (χ4v) is 7.87. The molecule has 0 radical (unpaired) electrons. The minimum absolute atomic E-state index is 0.0462. The van der Waals surface area contributed by atoms with Crippen LogP contribution in [-0.2, 0) is 26.7 Å². The molecule has 2 N–H and O–H groups in total. The smallest absolute Gasteiger partial charge is 0.282 e. The van der Waals surface area contributed by atoms with Crippen molar-refractivity contribution in [2.45, 2.75) is 147 Å². The summed E-state index contributed by atoms with van der Waals surface area (Å²) >= 11 is 0. The summed E-state index contributed by atoms with van der Waals surface area (Å²) in [7, 11) is -8.25. The van der Waals surface area contributed by atoms with Gasteiger partial charge in [-0.3, -0.25) is 9.11 Å². The summed E-state index contributed by atoms with van der Waals surface area (Å²) in [5.74, 6) is 2.02. The van der Waals surface area contributed by atoms with Crippen molar-refractivity contribution in [3.8, 4) is 0 Å². The summed E-state index contributed by atoms with van der Waals surface area (Å²) in [5, 5.41) is 0. The van der Waals surface area contributed by atoms with Gasteiger partial charge in [0, 0.05) is 0 Å². The predicted octanol–water partition coefficient (Wildman–Crippen LogP) is 10.5. The van der Waals surface area contributed by atoms with E-state index in [2.05, 4.69) is 34.6 Å². The fraction of sp³-hybridized carbons (Fsp3) is 0.667. The van der Waals surface area contributed by atoms with Crippen LogP contribution in [0.4, 0.5) is 0 Å². The molecule has 0 saturated carbocycles.